The van der Waals surface area contributed by atoms with E-state index in [2.05, 4.69) is 11.9 Å². The SMILES string of the molecule is Cc1nc(C2CCC(C(=O)O)CC2)sc1C. The molecule has 3 nitrogen and oxygen atoms in total. The van der Waals surface area contributed by atoms with Gasteiger partial charge in [-0.1, -0.05) is 0 Å². The Morgan fingerprint density at radius 1 is 1.31 bits per heavy atom. The molecule has 1 aliphatic carbocycles. The molecule has 88 valence electrons. The molecule has 1 aromatic heterocycles. The lowest BCUT2D eigenvalue weighted by Crippen LogP contribution is -2.20. The highest BCUT2D eigenvalue weighted by Crippen LogP contribution is 2.37. The van der Waals surface area contributed by atoms with E-state index in [0.29, 0.717) is 5.92 Å². The Balaban J connectivity index is 2.01. The zero-order valence-corrected chi connectivity index (χ0v) is 10.5. The fourth-order valence-corrected chi connectivity index (χ4v) is 3.35. The summed E-state index contributed by atoms with van der Waals surface area (Å²) in [5.74, 6) is -0.267. The number of carbonyl (C=O) groups is 1. The van der Waals surface area contributed by atoms with E-state index in [9.17, 15) is 4.79 Å². The standard InChI is InChI=1S/C12H17NO2S/c1-7-8(2)16-11(13-7)9-3-5-10(6-4-9)12(14)15/h9-10H,3-6H2,1-2H3,(H,14,15). The summed E-state index contributed by atoms with van der Waals surface area (Å²) in [5, 5.41) is 10.1. The molecule has 16 heavy (non-hydrogen) atoms. The lowest BCUT2D eigenvalue weighted by Gasteiger charge is -2.24. The minimum atomic E-state index is -0.634. The zero-order valence-electron chi connectivity index (χ0n) is 9.69. The fraction of sp³-hybridized carbons (Fsp3) is 0.667. The van der Waals surface area contributed by atoms with Gasteiger partial charge >= 0.3 is 5.97 Å². The number of carboxylic acids is 1. The van der Waals surface area contributed by atoms with Gasteiger partial charge in [-0.2, -0.15) is 0 Å². The van der Waals surface area contributed by atoms with E-state index in [1.165, 1.54) is 9.88 Å². The highest BCUT2D eigenvalue weighted by atomic mass is 32.1. The number of hydrogen-bond acceptors (Lipinski definition) is 3. The van der Waals surface area contributed by atoms with Crippen molar-refractivity contribution in [2.45, 2.75) is 45.4 Å². The Hall–Kier alpha value is -0.900. The molecule has 0 saturated heterocycles. The first kappa shape index (κ1) is 11.6. The first-order chi connectivity index (χ1) is 7.58. The number of thiazole rings is 1. The maximum atomic E-state index is 10.8. The van der Waals surface area contributed by atoms with Gasteiger partial charge in [0.15, 0.2) is 0 Å². The second-order valence-electron chi connectivity index (χ2n) is 4.58. The van der Waals surface area contributed by atoms with Crippen molar-refractivity contribution in [3.05, 3.63) is 15.6 Å². The van der Waals surface area contributed by atoms with Crippen LogP contribution in [0.4, 0.5) is 0 Å². The number of hydrogen-bond donors (Lipinski definition) is 1. The highest BCUT2D eigenvalue weighted by molar-refractivity contribution is 7.11. The lowest BCUT2D eigenvalue weighted by molar-refractivity contribution is -0.142. The maximum Gasteiger partial charge on any atom is 0.306 e. The van der Waals surface area contributed by atoms with Crippen molar-refractivity contribution in [2.75, 3.05) is 0 Å². The van der Waals surface area contributed by atoms with Crippen LogP contribution in [0.3, 0.4) is 0 Å². The van der Waals surface area contributed by atoms with Gasteiger partial charge < -0.3 is 5.11 Å². The van der Waals surface area contributed by atoms with Crippen LogP contribution in [-0.2, 0) is 4.79 Å². The van der Waals surface area contributed by atoms with E-state index in [4.69, 9.17) is 5.11 Å². The summed E-state index contributed by atoms with van der Waals surface area (Å²) in [6, 6.07) is 0. The normalized spacial score (nSPS) is 25.6. The Morgan fingerprint density at radius 2 is 1.94 bits per heavy atom. The van der Waals surface area contributed by atoms with Crippen molar-refractivity contribution in [1.29, 1.82) is 0 Å². The van der Waals surface area contributed by atoms with Crippen LogP contribution >= 0.6 is 11.3 Å². The van der Waals surface area contributed by atoms with Gasteiger partial charge in [0.1, 0.15) is 0 Å². The molecule has 0 aliphatic heterocycles. The van der Waals surface area contributed by atoms with Crippen molar-refractivity contribution in [3.63, 3.8) is 0 Å². The quantitative estimate of drug-likeness (QED) is 0.862. The first-order valence-electron chi connectivity index (χ1n) is 5.74. The summed E-state index contributed by atoms with van der Waals surface area (Å²) in [6.45, 7) is 4.14. The number of aliphatic carboxylic acids is 1. The van der Waals surface area contributed by atoms with Crippen molar-refractivity contribution in [1.82, 2.24) is 4.98 Å². The number of carboxylic acid groups (broad SMARTS) is 1. The molecule has 1 aliphatic rings. The molecule has 4 heteroatoms. The van der Waals surface area contributed by atoms with Gasteiger partial charge in [0.05, 0.1) is 16.6 Å². The molecule has 0 amide bonds. The topological polar surface area (TPSA) is 50.2 Å². The molecule has 1 saturated carbocycles. The van der Waals surface area contributed by atoms with Crippen LogP contribution < -0.4 is 0 Å². The third kappa shape index (κ3) is 2.26. The second kappa shape index (κ2) is 4.53. The average molecular weight is 239 g/mol. The van der Waals surface area contributed by atoms with Gasteiger partial charge in [-0.05, 0) is 39.5 Å². The van der Waals surface area contributed by atoms with Crippen LogP contribution in [0.5, 0.6) is 0 Å². The van der Waals surface area contributed by atoms with Crippen molar-refractivity contribution >= 4 is 17.3 Å². The Bertz CT molecular complexity index is 372. The third-order valence-electron chi connectivity index (χ3n) is 3.47. The van der Waals surface area contributed by atoms with E-state index in [1.807, 2.05) is 6.92 Å². The molecule has 0 bridgehead atoms. The average Bonchev–Trinajstić information content (AvgIpc) is 2.59. The Morgan fingerprint density at radius 3 is 2.38 bits per heavy atom. The maximum absolute atomic E-state index is 10.8. The van der Waals surface area contributed by atoms with Crippen molar-refractivity contribution in [3.8, 4) is 0 Å². The van der Waals surface area contributed by atoms with E-state index in [-0.39, 0.29) is 5.92 Å². The molecular formula is C12H17NO2S. The summed E-state index contributed by atoms with van der Waals surface area (Å²) in [5.41, 5.74) is 1.13. The summed E-state index contributed by atoms with van der Waals surface area (Å²) < 4.78 is 0. The predicted octanol–water partition coefficient (Wildman–Crippen LogP) is 3.12. The summed E-state index contributed by atoms with van der Waals surface area (Å²) in [7, 11) is 0. The van der Waals surface area contributed by atoms with Crippen LogP contribution in [0.1, 0.15) is 47.2 Å². The fourth-order valence-electron chi connectivity index (χ4n) is 2.26. The summed E-state index contributed by atoms with van der Waals surface area (Å²) in [4.78, 5) is 16.7. The number of nitrogens with zero attached hydrogens (tertiary/aromatic N) is 1. The van der Waals surface area contributed by atoms with E-state index in [0.717, 1.165) is 31.4 Å². The van der Waals surface area contributed by atoms with Crippen molar-refractivity contribution in [2.24, 2.45) is 5.92 Å². The van der Waals surface area contributed by atoms with Gasteiger partial charge in [-0.25, -0.2) is 4.98 Å². The third-order valence-corrected chi connectivity index (χ3v) is 4.71. The van der Waals surface area contributed by atoms with Gasteiger partial charge in [0.25, 0.3) is 0 Å². The first-order valence-corrected chi connectivity index (χ1v) is 6.56. The van der Waals surface area contributed by atoms with Crippen LogP contribution in [0.2, 0.25) is 0 Å². The summed E-state index contributed by atoms with van der Waals surface area (Å²) >= 11 is 1.77. The van der Waals surface area contributed by atoms with Crippen LogP contribution in [0.25, 0.3) is 0 Å². The molecular weight excluding hydrogens is 222 g/mol. The second-order valence-corrected chi connectivity index (χ2v) is 5.82. The van der Waals surface area contributed by atoms with Gasteiger partial charge in [-0.3, -0.25) is 4.79 Å². The van der Waals surface area contributed by atoms with E-state index in [1.54, 1.807) is 11.3 Å². The van der Waals surface area contributed by atoms with Gasteiger partial charge in [0.2, 0.25) is 0 Å². The zero-order chi connectivity index (χ0) is 11.7. The highest BCUT2D eigenvalue weighted by Gasteiger charge is 2.28. The molecule has 0 atom stereocenters. The lowest BCUT2D eigenvalue weighted by atomic mass is 9.82. The molecule has 2 rings (SSSR count). The predicted molar refractivity (Wildman–Crippen MR) is 63.9 cm³/mol. The molecule has 0 spiro atoms. The van der Waals surface area contributed by atoms with Crippen LogP contribution in [0, 0.1) is 19.8 Å². The molecule has 1 heterocycles. The number of rotatable bonds is 2. The van der Waals surface area contributed by atoms with E-state index < -0.39 is 5.97 Å². The molecule has 0 unspecified atom stereocenters. The summed E-state index contributed by atoms with van der Waals surface area (Å²) in [6.07, 6.45) is 3.56. The van der Waals surface area contributed by atoms with Gasteiger partial charge in [-0.15, -0.1) is 11.3 Å². The number of aromatic nitrogens is 1. The minimum Gasteiger partial charge on any atom is -0.481 e. The molecule has 0 radical (unpaired) electrons. The van der Waals surface area contributed by atoms with Crippen molar-refractivity contribution < 1.29 is 9.90 Å². The number of aryl methyl sites for hydroxylation is 2. The van der Waals surface area contributed by atoms with E-state index >= 15 is 0 Å². The van der Waals surface area contributed by atoms with Gasteiger partial charge in [0, 0.05) is 10.8 Å². The Kier molecular flexibility index (Phi) is 3.28. The minimum absolute atomic E-state index is 0.126. The molecule has 1 aromatic rings. The molecule has 0 aromatic carbocycles. The van der Waals surface area contributed by atoms with Crippen LogP contribution in [0.15, 0.2) is 0 Å². The van der Waals surface area contributed by atoms with Crippen LogP contribution in [-0.4, -0.2) is 16.1 Å². The Labute approximate surface area is 99.5 Å². The largest absolute Gasteiger partial charge is 0.481 e. The smallest absolute Gasteiger partial charge is 0.306 e. The molecule has 1 N–H and O–H groups in total. The molecule has 1 fully saturated rings. The monoisotopic (exact) mass is 239 g/mol.